The Balaban J connectivity index is 1.31. The molecule has 0 N–H and O–H groups in total. The molecular formula is C35H38F4O. The molecule has 0 atom stereocenters. The molecule has 0 heterocycles. The van der Waals surface area contributed by atoms with Gasteiger partial charge in [-0.1, -0.05) is 60.7 Å². The fourth-order valence-electron chi connectivity index (χ4n) is 5.55. The van der Waals surface area contributed by atoms with Crippen LogP contribution in [0.15, 0.2) is 72.8 Å². The molecule has 1 fully saturated rings. The number of halogens is 4. The quantitative estimate of drug-likeness (QED) is 0.170. The lowest BCUT2D eigenvalue weighted by Gasteiger charge is -2.27. The zero-order valence-corrected chi connectivity index (χ0v) is 23.4. The van der Waals surface area contributed by atoms with Gasteiger partial charge in [-0.25, -0.2) is 13.2 Å². The Labute approximate surface area is 235 Å². The van der Waals surface area contributed by atoms with Crippen LogP contribution in [0.25, 0.3) is 11.1 Å². The highest BCUT2D eigenvalue weighted by molar-refractivity contribution is 5.66. The lowest BCUT2D eigenvalue weighted by molar-refractivity contribution is 0.314. The molecule has 1 saturated carbocycles. The van der Waals surface area contributed by atoms with Crippen LogP contribution in [-0.2, 0) is 12.8 Å². The molecule has 212 valence electrons. The molecule has 0 saturated heterocycles. The van der Waals surface area contributed by atoms with E-state index in [4.69, 9.17) is 4.74 Å². The first-order valence-electron chi connectivity index (χ1n) is 14.4. The lowest BCUT2D eigenvalue weighted by atomic mass is 9.78. The van der Waals surface area contributed by atoms with Crippen molar-refractivity contribution in [2.45, 2.75) is 71.1 Å². The molecule has 5 heteroatoms. The third kappa shape index (κ3) is 7.24. The highest BCUT2D eigenvalue weighted by Gasteiger charge is 2.27. The van der Waals surface area contributed by atoms with Crippen molar-refractivity contribution in [3.8, 4) is 16.9 Å². The van der Waals surface area contributed by atoms with Crippen molar-refractivity contribution < 1.29 is 22.3 Å². The summed E-state index contributed by atoms with van der Waals surface area (Å²) >= 11 is 0. The third-order valence-corrected chi connectivity index (χ3v) is 7.83. The summed E-state index contributed by atoms with van der Waals surface area (Å²) in [5.41, 5.74) is 2.39. The summed E-state index contributed by atoms with van der Waals surface area (Å²) in [6.07, 6.45) is 16.2. The summed E-state index contributed by atoms with van der Waals surface area (Å²) in [5, 5.41) is 0. The van der Waals surface area contributed by atoms with Crippen LogP contribution in [0.4, 0.5) is 17.6 Å². The molecule has 1 aliphatic rings. The molecule has 3 aromatic rings. The van der Waals surface area contributed by atoms with Gasteiger partial charge in [0.1, 0.15) is 0 Å². The smallest absolute Gasteiger partial charge is 0.201 e. The first kappa shape index (κ1) is 29.6. The van der Waals surface area contributed by atoms with Crippen molar-refractivity contribution in [2.24, 2.45) is 5.92 Å². The van der Waals surface area contributed by atoms with Crippen LogP contribution in [0, 0.1) is 29.2 Å². The summed E-state index contributed by atoms with van der Waals surface area (Å²) in [6, 6.07) is 14.2. The van der Waals surface area contributed by atoms with Gasteiger partial charge in [0.2, 0.25) is 5.82 Å². The Morgan fingerprint density at radius 3 is 1.88 bits per heavy atom. The highest BCUT2D eigenvalue weighted by atomic mass is 19.2. The van der Waals surface area contributed by atoms with Crippen LogP contribution < -0.4 is 4.74 Å². The van der Waals surface area contributed by atoms with E-state index in [1.165, 1.54) is 35.4 Å². The molecule has 3 aromatic carbocycles. The maximum absolute atomic E-state index is 15.1. The average molecular weight is 551 g/mol. The predicted octanol–water partition coefficient (Wildman–Crippen LogP) is 10.3. The van der Waals surface area contributed by atoms with E-state index in [1.807, 2.05) is 6.92 Å². The number of rotatable bonds is 11. The molecule has 1 nitrogen and oxygen atoms in total. The minimum absolute atomic E-state index is 0.0959. The van der Waals surface area contributed by atoms with E-state index in [2.05, 4.69) is 48.6 Å². The standard InChI is InChI=1S/C35H38F4O/c1-3-5-6-9-24-12-14-25(15-13-24)10-7-8-11-26-16-18-27(19-17-26)28-20-21-29(33(37)32(28)36)30-22-23-31(40-4-2)35(39)34(30)38/h3,5,8,11-15,20-23,26-27H,4,6-7,9-10,16-19H2,1-2H3. The second-order valence-electron chi connectivity index (χ2n) is 10.5. The fraction of sp³-hybridized carbons (Fsp3) is 0.371. The number of benzene rings is 3. The van der Waals surface area contributed by atoms with Crippen LogP contribution in [0.1, 0.15) is 75.0 Å². The van der Waals surface area contributed by atoms with E-state index in [0.29, 0.717) is 11.5 Å². The molecule has 0 aromatic heterocycles. The topological polar surface area (TPSA) is 9.23 Å². The van der Waals surface area contributed by atoms with Crippen LogP contribution >= 0.6 is 0 Å². The largest absolute Gasteiger partial charge is 0.491 e. The van der Waals surface area contributed by atoms with Gasteiger partial charge in [0.15, 0.2) is 23.2 Å². The van der Waals surface area contributed by atoms with Gasteiger partial charge in [0.25, 0.3) is 0 Å². The van der Waals surface area contributed by atoms with E-state index in [9.17, 15) is 8.78 Å². The van der Waals surface area contributed by atoms with Gasteiger partial charge in [-0.05, 0) is 106 Å². The van der Waals surface area contributed by atoms with E-state index in [-0.39, 0.29) is 29.4 Å². The van der Waals surface area contributed by atoms with Gasteiger partial charge in [-0.15, -0.1) is 0 Å². The number of aryl methyl sites for hydroxylation is 2. The van der Waals surface area contributed by atoms with Gasteiger partial charge in [-0.2, -0.15) is 4.39 Å². The van der Waals surface area contributed by atoms with Gasteiger partial charge in [0.05, 0.1) is 6.61 Å². The normalized spacial score (nSPS) is 17.6. The number of ether oxygens (including phenoxy) is 1. The van der Waals surface area contributed by atoms with Crippen molar-refractivity contribution in [1.82, 2.24) is 0 Å². The van der Waals surface area contributed by atoms with Crippen molar-refractivity contribution >= 4 is 0 Å². The lowest BCUT2D eigenvalue weighted by Crippen LogP contribution is -2.14. The van der Waals surface area contributed by atoms with Crippen molar-refractivity contribution in [2.75, 3.05) is 6.61 Å². The Hall–Kier alpha value is -3.34. The zero-order chi connectivity index (χ0) is 28.5. The van der Waals surface area contributed by atoms with E-state index >= 15 is 8.78 Å². The Morgan fingerprint density at radius 2 is 1.27 bits per heavy atom. The Morgan fingerprint density at radius 1 is 0.700 bits per heavy atom. The molecule has 0 radical (unpaired) electrons. The van der Waals surface area contributed by atoms with Crippen LogP contribution in [-0.4, -0.2) is 6.61 Å². The van der Waals surface area contributed by atoms with Crippen molar-refractivity contribution in [3.63, 3.8) is 0 Å². The van der Waals surface area contributed by atoms with Gasteiger partial charge < -0.3 is 4.74 Å². The van der Waals surface area contributed by atoms with E-state index in [0.717, 1.165) is 51.4 Å². The molecule has 0 amide bonds. The first-order valence-corrected chi connectivity index (χ1v) is 14.4. The van der Waals surface area contributed by atoms with Crippen molar-refractivity contribution in [3.05, 3.63) is 113 Å². The minimum atomic E-state index is -1.25. The Bertz CT molecular complexity index is 1320. The van der Waals surface area contributed by atoms with E-state index in [1.54, 1.807) is 6.92 Å². The Kier molecular flexibility index (Phi) is 10.6. The molecule has 1 aliphatic carbocycles. The number of hydrogen-bond acceptors (Lipinski definition) is 1. The summed E-state index contributed by atoms with van der Waals surface area (Å²) in [5.74, 6) is -4.49. The predicted molar refractivity (Wildman–Crippen MR) is 155 cm³/mol. The van der Waals surface area contributed by atoms with Crippen LogP contribution in [0.2, 0.25) is 0 Å². The van der Waals surface area contributed by atoms with Crippen LogP contribution in [0.3, 0.4) is 0 Å². The average Bonchev–Trinajstić information content (AvgIpc) is 2.97. The first-order chi connectivity index (χ1) is 19.4. The maximum atomic E-state index is 15.1. The van der Waals surface area contributed by atoms with Crippen molar-refractivity contribution in [1.29, 1.82) is 0 Å². The SMILES string of the molecule is CC=CCCc1ccc(CCC=CC2CCC(c3ccc(-c4ccc(OCC)c(F)c4F)c(F)c3F)CC2)cc1. The molecule has 0 aliphatic heterocycles. The molecule has 0 bridgehead atoms. The summed E-state index contributed by atoms with van der Waals surface area (Å²) in [7, 11) is 0. The summed E-state index contributed by atoms with van der Waals surface area (Å²) in [4.78, 5) is 0. The van der Waals surface area contributed by atoms with Gasteiger partial charge >= 0.3 is 0 Å². The third-order valence-electron chi connectivity index (χ3n) is 7.83. The highest BCUT2D eigenvalue weighted by Crippen LogP contribution is 2.40. The second-order valence-corrected chi connectivity index (χ2v) is 10.5. The van der Waals surface area contributed by atoms with Gasteiger partial charge in [-0.3, -0.25) is 0 Å². The van der Waals surface area contributed by atoms with Gasteiger partial charge in [0, 0.05) is 11.1 Å². The van der Waals surface area contributed by atoms with E-state index < -0.39 is 23.3 Å². The zero-order valence-electron chi connectivity index (χ0n) is 23.4. The maximum Gasteiger partial charge on any atom is 0.201 e. The summed E-state index contributed by atoms with van der Waals surface area (Å²) < 4.78 is 64.2. The molecular weight excluding hydrogens is 512 g/mol. The van der Waals surface area contributed by atoms with Crippen LogP contribution in [0.5, 0.6) is 5.75 Å². The molecule has 0 spiro atoms. The molecule has 0 unspecified atom stereocenters. The minimum Gasteiger partial charge on any atom is -0.491 e. The number of hydrogen-bond donors (Lipinski definition) is 0. The molecule has 4 rings (SSSR count). The number of allylic oxidation sites excluding steroid dienone is 4. The fourth-order valence-corrected chi connectivity index (χ4v) is 5.55. The monoisotopic (exact) mass is 550 g/mol. The second kappa shape index (κ2) is 14.3. The summed E-state index contributed by atoms with van der Waals surface area (Å²) in [6.45, 7) is 3.86. The molecule has 40 heavy (non-hydrogen) atoms.